The van der Waals surface area contributed by atoms with E-state index < -0.39 is 10.0 Å². The Bertz CT molecular complexity index is 684. The Labute approximate surface area is 112 Å². The fourth-order valence-electron chi connectivity index (χ4n) is 1.59. The van der Waals surface area contributed by atoms with Crippen LogP contribution in [-0.2, 0) is 16.6 Å². The van der Waals surface area contributed by atoms with Crippen molar-refractivity contribution in [3.05, 3.63) is 53.9 Å². The number of aromatic hydroxyl groups is 1. The van der Waals surface area contributed by atoms with E-state index in [-0.39, 0.29) is 17.2 Å². The van der Waals surface area contributed by atoms with E-state index >= 15 is 0 Å². The molecule has 6 heteroatoms. The van der Waals surface area contributed by atoms with Gasteiger partial charge in [0.2, 0.25) is 10.0 Å². The Kier molecular flexibility index (Phi) is 3.82. The predicted octanol–water partition coefficient (Wildman–Crippen LogP) is 1.57. The summed E-state index contributed by atoms with van der Waals surface area (Å²) in [5, 5.41) is 9.30. The first kappa shape index (κ1) is 13.5. The van der Waals surface area contributed by atoms with Crippen LogP contribution in [0.2, 0.25) is 0 Å². The summed E-state index contributed by atoms with van der Waals surface area (Å²) < 4.78 is 26.5. The number of phenols is 1. The molecule has 1 heterocycles. The lowest BCUT2D eigenvalue weighted by atomic mass is 10.2. The van der Waals surface area contributed by atoms with E-state index in [1.807, 2.05) is 13.0 Å². The molecule has 1 aromatic heterocycles. The number of pyridine rings is 1. The molecule has 0 saturated carbocycles. The standard InChI is InChI=1S/C13H14N2O3S/c1-10-5-6-14-8-11(10)9-15-19(17,18)13-4-2-3-12(16)7-13/h2-8,15-16H,9H2,1H3. The van der Waals surface area contributed by atoms with Gasteiger partial charge in [-0.15, -0.1) is 0 Å². The van der Waals surface area contributed by atoms with Crippen LogP contribution in [0.15, 0.2) is 47.6 Å². The maximum Gasteiger partial charge on any atom is 0.241 e. The molecular weight excluding hydrogens is 264 g/mol. The van der Waals surface area contributed by atoms with Crippen LogP contribution in [0.1, 0.15) is 11.1 Å². The molecular formula is C13H14N2O3S. The molecule has 1 aromatic carbocycles. The summed E-state index contributed by atoms with van der Waals surface area (Å²) in [6.07, 6.45) is 3.28. The summed E-state index contributed by atoms with van der Waals surface area (Å²) >= 11 is 0. The Hall–Kier alpha value is -1.92. The van der Waals surface area contributed by atoms with E-state index in [1.54, 1.807) is 12.4 Å². The Balaban J connectivity index is 2.17. The average molecular weight is 278 g/mol. The van der Waals surface area contributed by atoms with E-state index in [4.69, 9.17) is 0 Å². The first-order valence-electron chi connectivity index (χ1n) is 5.67. The summed E-state index contributed by atoms with van der Waals surface area (Å²) in [5.74, 6) is -0.0829. The van der Waals surface area contributed by atoms with Crippen molar-refractivity contribution in [2.75, 3.05) is 0 Å². The molecule has 0 amide bonds. The summed E-state index contributed by atoms with van der Waals surface area (Å²) in [6.45, 7) is 2.05. The number of phenolic OH excluding ortho intramolecular Hbond substituents is 1. The molecule has 0 radical (unpaired) electrons. The SMILES string of the molecule is Cc1ccncc1CNS(=O)(=O)c1cccc(O)c1. The van der Waals surface area contributed by atoms with Crippen LogP contribution in [0.25, 0.3) is 0 Å². The Morgan fingerprint density at radius 1 is 1.32 bits per heavy atom. The molecule has 2 rings (SSSR count). The molecule has 2 aromatic rings. The lowest BCUT2D eigenvalue weighted by molar-refractivity contribution is 0.473. The van der Waals surface area contributed by atoms with Crippen LogP contribution < -0.4 is 4.72 Å². The van der Waals surface area contributed by atoms with Crippen molar-refractivity contribution in [3.63, 3.8) is 0 Å². The van der Waals surface area contributed by atoms with Crippen LogP contribution in [0.4, 0.5) is 0 Å². The highest BCUT2D eigenvalue weighted by Crippen LogP contribution is 2.16. The number of nitrogens with one attached hydrogen (secondary N) is 1. The molecule has 0 atom stereocenters. The number of nitrogens with zero attached hydrogens (tertiary/aromatic N) is 1. The molecule has 0 unspecified atom stereocenters. The van der Waals surface area contributed by atoms with Crippen LogP contribution in [0.5, 0.6) is 5.75 Å². The largest absolute Gasteiger partial charge is 0.508 e. The topological polar surface area (TPSA) is 79.3 Å². The second kappa shape index (κ2) is 5.38. The summed E-state index contributed by atoms with van der Waals surface area (Å²) in [6, 6.07) is 7.36. The van der Waals surface area contributed by atoms with E-state index in [2.05, 4.69) is 9.71 Å². The van der Waals surface area contributed by atoms with Gasteiger partial charge in [0.05, 0.1) is 4.90 Å². The third-order valence-corrected chi connectivity index (χ3v) is 4.13. The number of sulfonamides is 1. The van der Waals surface area contributed by atoms with Gasteiger partial charge < -0.3 is 5.11 Å². The van der Waals surface area contributed by atoms with Crippen molar-refractivity contribution in [2.24, 2.45) is 0 Å². The van der Waals surface area contributed by atoms with Gasteiger partial charge in [-0.3, -0.25) is 4.98 Å². The maximum absolute atomic E-state index is 12.0. The molecule has 0 fully saturated rings. The lowest BCUT2D eigenvalue weighted by Crippen LogP contribution is -2.23. The zero-order valence-electron chi connectivity index (χ0n) is 10.4. The quantitative estimate of drug-likeness (QED) is 0.889. The molecule has 0 aliphatic heterocycles. The Morgan fingerprint density at radius 3 is 2.79 bits per heavy atom. The third-order valence-electron chi connectivity index (χ3n) is 2.73. The van der Waals surface area contributed by atoms with Gasteiger partial charge in [0, 0.05) is 18.9 Å². The molecule has 19 heavy (non-hydrogen) atoms. The van der Waals surface area contributed by atoms with Crippen LogP contribution in [0.3, 0.4) is 0 Å². The number of aromatic nitrogens is 1. The summed E-state index contributed by atoms with van der Waals surface area (Å²) in [5.41, 5.74) is 1.78. The van der Waals surface area contributed by atoms with E-state index in [9.17, 15) is 13.5 Å². The van der Waals surface area contributed by atoms with Gasteiger partial charge >= 0.3 is 0 Å². The van der Waals surface area contributed by atoms with E-state index in [0.717, 1.165) is 11.1 Å². The molecule has 5 nitrogen and oxygen atoms in total. The van der Waals surface area contributed by atoms with E-state index in [1.165, 1.54) is 24.3 Å². The monoisotopic (exact) mass is 278 g/mol. The van der Waals surface area contributed by atoms with Gasteiger partial charge in [-0.25, -0.2) is 13.1 Å². The molecule has 0 saturated heterocycles. The maximum atomic E-state index is 12.0. The number of hydrogen-bond acceptors (Lipinski definition) is 4. The smallest absolute Gasteiger partial charge is 0.241 e. The molecule has 100 valence electrons. The van der Waals surface area contributed by atoms with Crippen LogP contribution in [-0.4, -0.2) is 18.5 Å². The lowest BCUT2D eigenvalue weighted by Gasteiger charge is -2.08. The van der Waals surface area contributed by atoms with Crippen molar-refractivity contribution < 1.29 is 13.5 Å². The number of aryl methyl sites for hydroxylation is 1. The normalized spacial score (nSPS) is 11.4. The second-order valence-corrected chi connectivity index (χ2v) is 5.89. The van der Waals surface area contributed by atoms with Crippen LogP contribution >= 0.6 is 0 Å². The van der Waals surface area contributed by atoms with Gasteiger partial charge in [-0.2, -0.15) is 0 Å². The predicted molar refractivity (Wildman–Crippen MR) is 71.1 cm³/mol. The van der Waals surface area contributed by atoms with Crippen molar-refractivity contribution in [1.82, 2.24) is 9.71 Å². The van der Waals surface area contributed by atoms with Crippen LogP contribution in [0, 0.1) is 6.92 Å². The minimum absolute atomic E-state index is 0.0362. The van der Waals surface area contributed by atoms with Crippen molar-refractivity contribution in [3.8, 4) is 5.75 Å². The Morgan fingerprint density at radius 2 is 2.11 bits per heavy atom. The van der Waals surface area contributed by atoms with Crippen molar-refractivity contribution in [2.45, 2.75) is 18.4 Å². The second-order valence-electron chi connectivity index (χ2n) is 4.12. The highest BCUT2D eigenvalue weighted by atomic mass is 32.2. The first-order chi connectivity index (χ1) is 8.99. The minimum atomic E-state index is -3.64. The van der Waals surface area contributed by atoms with Gasteiger partial charge in [-0.1, -0.05) is 6.07 Å². The highest BCUT2D eigenvalue weighted by molar-refractivity contribution is 7.89. The molecule has 0 aliphatic rings. The minimum Gasteiger partial charge on any atom is -0.508 e. The molecule has 0 aliphatic carbocycles. The third kappa shape index (κ3) is 3.30. The first-order valence-corrected chi connectivity index (χ1v) is 7.15. The summed E-state index contributed by atoms with van der Waals surface area (Å²) in [7, 11) is -3.64. The number of benzene rings is 1. The average Bonchev–Trinajstić information content (AvgIpc) is 2.38. The fraction of sp³-hybridized carbons (Fsp3) is 0.154. The van der Waals surface area contributed by atoms with Crippen molar-refractivity contribution in [1.29, 1.82) is 0 Å². The number of rotatable bonds is 4. The molecule has 0 spiro atoms. The molecule has 2 N–H and O–H groups in total. The van der Waals surface area contributed by atoms with Gasteiger partial charge in [0.25, 0.3) is 0 Å². The highest BCUT2D eigenvalue weighted by Gasteiger charge is 2.14. The zero-order valence-corrected chi connectivity index (χ0v) is 11.2. The molecule has 0 bridgehead atoms. The van der Waals surface area contributed by atoms with Gasteiger partial charge in [0.15, 0.2) is 0 Å². The summed E-state index contributed by atoms with van der Waals surface area (Å²) in [4.78, 5) is 3.99. The zero-order chi connectivity index (χ0) is 13.9. The van der Waals surface area contributed by atoms with Gasteiger partial charge in [0.1, 0.15) is 5.75 Å². The fourth-order valence-corrected chi connectivity index (χ4v) is 2.63. The number of hydrogen-bond donors (Lipinski definition) is 2. The van der Waals surface area contributed by atoms with E-state index in [0.29, 0.717) is 0 Å². The van der Waals surface area contributed by atoms with Gasteiger partial charge in [-0.05, 0) is 42.3 Å². The van der Waals surface area contributed by atoms with Crippen molar-refractivity contribution >= 4 is 10.0 Å².